The van der Waals surface area contributed by atoms with Crippen LogP contribution in [0.15, 0.2) is 108 Å². The fourth-order valence-corrected chi connectivity index (χ4v) is 6.56. The van der Waals surface area contributed by atoms with Gasteiger partial charge in [-0.25, -0.2) is 8.42 Å². The lowest BCUT2D eigenvalue weighted by molar-refractivity contribution is -0.139. The highest BCUT2D eigenvalue weighted by atomic mass is 35.5. The number of amides is 2. The van der Waals surface area contributed by atoms with Gasteiger partial charge < -0.3 is 10.2 Å². The lowest BCUT2D eigenvalue weighted by Gasteiger charge is -2.33. The van der Waals surface area contributed by atoms with E-state index in [1.807, 2.05) is 30.3 Å². The summed E-state index contributed by atoms with van der Waals surface area (Å²) in [5.74, 6) is -1.01. The van der Waals surface area contributed by atoms with Gasteiger partial charge in [-0.15, -0.1) is 0 Å². The molecule has 42 heavy (non-hydrogen) atoms. The number of halogens is 3. The van der Waals surface area contributed by atoms with Gasteiger partial charge in [-0.1, -0.05) is 95.5 Å². The molecule has 0 saturated carbocycles. The van der Waals surface area contributed by atoms with Crippen LogP contribution in [-0.4, -0.2) is 44.8 Å². The molecule has 11 heteroatoms. The van der Waals surface area contributed by atoms with Crippen LogP contribution < -0.4 is 9.62 Å². The van der Waals surface area contributed by atoms with Gasteiger partial charge in [0.1, 0.15) is 12.6 Å². The molecule has 2 amide bonds. The monoisotopic (exact) mass is 643 g/mol. The molecule has 7 nitrogen and oxygen atoms in total. The van der Waals surface area contributed by atoms with Gasteiger partial charge in [-0.3, -0.25) is 13.9 Å². The molecule has 0 heterocycles. The molecule has 0 spiro atoms. The molecule has 0 fully saturated rings. The first-order valence-corrected chi connectivity index (χ1v) is 15.5. The van der Waals surface area contributed by atoms with Crippen molar-refractivity contribution in [3.8, 4) is 0 Å². The van der Waals surface area contributed by atoms with Crippen molar-refractivity contribution in [3.05, 3.63) is 129 Å². The molecule has 4 aromatic rings. The maximum absolute atomic E-state index is 14.3. The van der Waals surface area contributed by atoms with Gasteiger partial charge in [0.05, 0.1) is 15.6 Å². The summed E-state index contributed by atoms with van der Waals surface area (Å²) in [4.78, 5) is 28.9. The van der Waals surface area contributed by atoms with Crippen LogP contribution in [-0.2, 0) is 32.6 Å². The molecule has 4 rings (SSSR count). The van der Waals surface area contributed by atoms with E-state index in [0.717, 1.165) is 9.87 Å². The van der Waals surface area contributed by atoms with E-state index in [4.69, 9.17) is 34.8 Å². The van der Waals surface area contributed by atoms with Crippen molar-refractivity contribution in [2.75, 3.05) is 17.9 Å². The number of anilines is 1. The highest BCUT2D eigenvalue weighted by Gasteiger charge is 2.35. The average molecular weight is 645 g/mol. The predicted molar refractivity (Wildman–Crippen MR) is 167 cm³/mol. The Hall–Kier alpha value is -3.56. The molecular weight excluding hydrogens is 617 g/mol. The molecule has 4 aromatic carbocycles. The van der Waals surface area contributed by atoms with Crippen molar-refractivity contribution in [3.63, 3.8) is 0 Å². The third-order valence-electron chi connectivity index (χ3n) is 6.57. The van der Waals surface area contributed by atoms with E-state index in [1.54, 1.807) is 42.5 Å². The number of carbonyl (C=O) groups is 2. The summed E-state index contributed by atoms with van der Waals surface area (Å²) < 4.78 is 28.8. The third-order valence-corrected chi connectivity index (χ3v) is 9.14. The zero-order valence-corrected chi connectivity index (χ0v) is 25.7. The average Bonchev–Trinajstić information content (AvgIpc) is 2.99. The van der Waals surface area contributed by atoms with Crippen LogP contribution in [0.3, 0.4) is 0 Å². The molecule has 0 radical (unpaired) electrons. The molecule has 218 valence electrons. The lowest BCUT2D eigenvalue weighted by atomic mass is 10.0. The van der Waals surface area contributed by atoms with Gasteiger partial charge in [0.25, 0.3) is 10.0 Å². The summed E-state index contributed by atoms with van der Waals surface area (Å²) >= 11 is 18.7. The summed E-state index contributed by atoms with van der Waals surface area (Å²) in [6.07, 6.45) is 0.201. The van der Waals surface area contributed by atoms with Gasteiger partial charge in [0, 0.05) is 30.1 Å². The summed E-state index contributed by atoms with van der Waals surface area (Å²) in [5, 5.41) is 3.52. The van der Waals surface area contributed by atoms with Crippen LogP contribution in [0, 0.1) is 0 Å². The van der Waals surface area contributed by atoms with E-state index in [9.17, 15) is 18.0 Å². The van der Waals surface area contributed by atoms with E-state index in [1.165, 1.54) is 42.3 Å². The van der Waals surface area contributed by atoms with Crippen molar-refractivity contribution in [2.45, 2.75) is 23.9 Å². The first kappa shape index (κ1) is 31.4. The van der Waals surface area contributed by atoms with Crippen LogP contribution in [0.25, 0.3) is 0 Å². The van der Waals surface area contributed by atoms with E-state index in [-0.39, 0.29) is 28.6 Å². The van der Waals surface area contributed by atoms with Crippen LogP contribution in [0.2, 0.25) is 15.1 Å². The zero-order valence-electron chi connectivity index (χ0n) is 22.6. The summed E-state index contributed by atoms with van der Waals surface area (Å²) in [6.45, 7) is -0.608. The largest absolute Gasteiger partial charge is 0.357 e. The Bertz CT molecular complexity index is 1640. The van der Waals surface area contributed by atoms with Crippen LogP contribution in [0.4, 0.5) is 5.69 Å². The van der Waals surface area contributed by atoms with Crippen LogP contribution >= 0.6 is 34.8 Å². The standard InChI is InChI=1S/C31H28Cl3N3O4S/c1-35-31(39)29(18-22-8-4-2-5-9-22)36(20-23-12-14-24(32)15-13-23)30(38)21-37(28-17-16-25(33)19-27(28)34)42(40,41)26-10-6-3-7-11-26/h2-17,19,29H,18,20-21H2,1H3,(H,35,39)/t29-/m0/s1. The van der Waals surface area contributed by atoms with E-state index >= 15 is 0 Å². The smallest absolute Gasteiger partial charge is 0.264 e. The van der Waals surface area contributed by atoms with E-state index in [2.05, 4.69) is 5.32 Å². The first-order valence-electron chi connectivity index (χ1n) is 12.9. The first-order chi connectivity index (χ1) is 20.1. The SMILES string of the molecule is CNC(=O)[C@H](Cc1ccccc1)N(Cc1ccc(Cl)cc1)C(=O)CN(c1ccc(Cl)cc1Cl)S(=O)(=O)c1ccccc1. The molecule has 0 aliphatic rings. The number of hydrogen-bond acceptors (Lipinski definition) is 4. The number of rotatable bonds is 11. The Morgan fingerprint density at radius 2 is 1.38 bits per heavy atom. The number of nitrogens with zero attached hydrogens (tertiary/aromatic N) is 2. The van der Waals surface area contributed by atoms with Crippen molar-refractivity contribution in [1.82, 2.24) is 10.2 Å². The van der Waals surface area contributed by atoms with E-state index < -0.39 is 34.4 Å². The van der Waals surface area contributed by atoms with Gasteiger partial charge in [0.2, 0.25) is 11.8 Å². The van der Waals surface area contributed by atoms with Gasteiger partial charge in [-0.2, -0.15) is 0 Å². The van der Waals surface area contributed by atoms with E-state index in [0.29, 0.717) is 15.6 Å². The Morgan fingerprint density at radius 3 is 1.98 bits per heavy atom. The number of sulfonamides is 1. The second-order valence-electron chi connectivity index (χ2n) is 9.39. The van der Waals surface area contributed by atoms with Gasteiger partial charge in [0.15, 0.2) is 0 Å². The van der Waals surface area contributed by atoms with Crippen molar-refractivity contribution in [2.24, 2.45) is 0 Å². The minimum absolute atomic E-state index is 0.0223. The number of carbonyl (C=O) groups excluding carboxylic acids is 2. The molecular formula is C31H28Cl3N3O4S. The summed E-state index contributed by atoms with van der Waals surface area (Å²) in [7, 11) is -2.78. The second-order valence-corrected chi connectivity index (χ2v) is 12.5. The molecule has 1 N–H and O–H groups in total. The summed E-state index contributed by atoms with van der Waals surface area (Å²) in [5.41, 5.74) is 1.61. The molecule has 0 aliphatic carbocycles. The molecule has 0 aromatic heterocycles. The minimum atomic E-state index is -4.27. The maximum atomic E-state index is 14.3. The fraction of sp³-hybridized carbons (Fsp3) is 0.161. The quantitative estimate of drug-likeness (QED) is 0.210. The Morgan fingerprint density at radius 1 is 0.786 bits per heavy atom. The summed E-state index contributed by atoms with van der Waals surface area (Å²) in [6, 6.07) is 27.3. The minimum Gasteiger partial charge on any atom is -0.357 e. The van der Waals surface area contributed by atoms with Gasteiger partial charge in [-0.05, 0) is 53.6 Å². The Labute approximate surface area is 260 Å². The van der Waals surface area contributed by atoms with Crippen molar-refractivity contribution in [1.29, 1.82) is 0 Å². The highest BCUT2D eigenvalue weighted by Crippen LogP contribution is 2.33. The third kappa shape index (κ3) is 7.63. The fourth-order valence-electron chi connectivity index (χ4n) is 4.42. The topological polar surface area (TPSA) is 86.8 Å². The second kappa shape index (κ2) is 14.1. The highest BCUT2D eigenvalue weighted by molar-refractivity contribution is 7.92. The number of likely N-dealkylation sites (N-methyl/N-ethyl adjacent to an activating group) is 1. The molecule has 1 atom stereocenters. The normalized spacial score (nSPS) is 11.9. The van der Waals surface area contributed by atoms with Gasteiger partial charge >= 0.3 is 0 Å². The molecule has 0 aliphatic heterocycles. The van der Waals surface area contributed by atoms with Crippen LogP contribution in [0.5, 0.6) is 0 Å². The molecule has 0 bridgehead atoms. The zero-order chi connectivity index (χ0) is 30.3. The molecule has 0 saturated heterocycles. The van der Waals surface area contributed by atoms with Crippen molar-refractivity contribution >= 4 is 62.3 Å². The van der Waals surface area contributed by atoms with Crippen LogP contribution in [0.1, 0.15) is 11.1 Å². The predicted octanol–water partition coefficient (Wildman–Crippen LogP) is 6.23. The maximum Gasteiger partial charge on any atom is 0.264 e. The number of hydrogen-bond donors (Lipinski definition) is 1. The lowest BCUT2D eigenvalue weighted by Crippen LogP contribution is -2.53. The van der Waals surface area contributed by atoms with Crippen molar-refractivity contribution < 1.29 is 18.0 Å². The Balaban J connectivity index is 1.80. The Kier molecular flexibility index (Phi) is 10.5. The number of benzene rings is 4. The molecule has 0 unspecified atom stereocenters. The number of nitrogens with one attached hydrogen (secondary N) is 1.